The lowest BCUT2D eigenvalue weighted by Crippen LogP contribution is -2.42. The molecule has 0 bridgehead atoms. The van der Waals surface area contributed by atoms with Crippen LogP contribution in [0.1, 0.15) is 11.3 Å². The highest BCUT2D eigenvalue weighted by Crippen LogP contribution is 2.22. The lowest BCUT2D eigenvalue weighted by molar-refractivity contribution is -0.150. The molecule has 2 unspecified atom stereocenters. The van der Waals surface area contributed by atoms with Crippen molar-refractivity contribution in [3.8, 4) is 0 Å². The number of hydrogen-bond acceptors (Lipinski definition) is 6. The molecule has 1 N–H and O–H groups in total. The Labute approximate surface area is 125 Å². The van der Waals surface area contributed by atoms with Gasteiger partial charge in [-0.3, -0.25) is 4.79 Å². The van der Waals surface area contributed by atoms with Gasteiger partial charge >= 0.3 is 5.97 Å². The van der Waals surface area contributed by atoms with E-state index in [-0.39, 0.29) is 18.9 Å². The zero-order valence-corrected chi connectivity index (χ0v) is 12.8. The molecule has 2 atom stereocenters. The number of hydrogen-bond donors (Lipinski definition) is 1. The van der Waals surface area contributed by atoms with Crippen molar-refractivity contribution in [2.75, 3.05) is 19.4 Å². The average molecular weight is 315 g/mol. The average Bonchev–Trinajstić information content (AvgIpc) is 3.07. The van der Waals surface area contributed by atoms with E-state index in [0.29, 0.717) is 5.75 Å². The first-order valence-electron chi connectivity index (χ1n) is 6.27. The predicted molar refractivity (Wildman–Crippen MR) is 78.6 cm³/mol. The fraction of sp³-hybridized carbons (Fsp3) is 0.538. The smallest absolute Gasteiger partial charge is 0.328 e. The van der Waals surface area contributed by atoms with Crippen molar-refractivity contribution >= 4 is 35.0 Å². The van der Waals surface area contributed by atoms with E-state index < -0.39 is 18.1 Å². The zero-order valence-electron chi connectivity index (χ0n) is 11.2. The van der Waals surface area contributed by atoms with Gasteiger partial charge in [0.25, 0.3) is 0 Å². The van der Waals surface area contributed by atoms with Gasteiger partial charge in [0.05, 0.1) is 19.0 Å². The monoisotopic (exact) mass is 315 g/mol. The van der Waals surface area contributed by atoms with Crippen LogP contribution in [0, 0.1) is 0 Å². The van der Waals surface area contributed by atoms with Crippen LogP contribution in [-0.2, 0) is 20.1 Å². The first kappa shape index (κ1) is 15.3. The summed E-state index contributed by atoms with van der Waals surface area (Å²) in [4.78, 5) is 26.4. The topological polar surface area (TPSA) is 66.8 Å². The molecular weight excluding hydrogens is 298 g/mol. The number of amides is 1. The Morgan fingerprint density at radius 3 is 3.05 bits per heavy atom. The normalized spacial score (nSPS) is 22.0. The Hall–Kier alpha value is -1.05. The van der Waals surface area contributed by atoms with E-state index in [1.807, 2.05) is 17.5 Å². The van der Waals surface area contributed by atoms with Crippen molar-refractivity contribution in [3.05, 3.63) is 22.4 Å². The molecule has 2 heterocycles. The van der Waals surface area contributed by atoms with E-state index in [1.54, 1.807) is 11.3 Å². The first-order valence-corrected chi connectivity index (χ1v) is 8.30. The molecule has 1 aliphatic heterocycles. The molecule has 1 aromatic heterocycles. The molecular formula is C13H17NO4S2. The van der Waals surface area contributed by atoms with Crippen molar-refractivity contribution in [2.45, 2.75) is 24.3 Å². The number of carbonyl (C=O) groups excluding carboxylic acids is 2. The van der Waals surface area contributed by atoms with Crippen LogP contribution in [-0.4, -0.2) is 53.4 Å². The van der Waals surface area contributed by atoms with Gasteiger partial charge in [0.2, 0.25) is 5.91 Å². The number of rotatable bonds is 5. The summed E-state index contributed by atoms with van der Waals surface area (Å²) in [6, 6.07) is 3.36. The number of likely N-dealkylation sites (tertiary alicyclic amines) is 1. The van der Waals surface area contributed by atoms with E-state index in [2.05, 4.69) is 4.74 Å². The Balaban J connectivity index is 1.85. The summed E-state index contributed by atoms with van der Waals surface area (Å²) < 4.78 is 4.68. The second kappa shape index (κ2) is 7.10. The van der Waals surface area contributed by atoms with Crippen LogP contribution in [0.2, 0.25) is 0 Å². The molecule has 0 spiro atoms. The minimum atomic E-state index is -0.648. The SMILES string of the molecule is COC(=O)C1CC(O)CN1C(=O)CSCc1cccs1. The highest BCUT2D eigenvalue weighted by molar-refractivity contribution is 7.99. The quantitative estimate of drug-likeness (QED) is 0.825. The lowest BCUT2D eigenvalue weighted by Gasteiger charge is -2.22. The fourth-order valence-electron chi connectivity index (χ4n) is 2.17. The number of aliphatic hydroxyl groups is 1. The molecule has 0 saturated carbocycles. The number of ether oxygens (including phenoxy) is 1. The molecule has 1 aliphatic rings. The summed E-state index contributed by atoms with van der Waals surface area (Å²) in [5.74, 6) is 0.498. The van der Waals surface area contributed by atoms with Crippen molar-refractivity contribution in [3.63, 3.8) is 0 Å². The van der Waals surface area contributed by atoms with Gasteiger partial charge in [-0.05, 0) is 11.4 Å². The van der Waals surface area contributed by atoms with Crippen molar-refractivity contribution in [2.24, 2.45) is 0 Å². The number of aliphatic hydroxyl groups excluding tert-OH is 1. The first-order chi connectivity index (χ1) is 9.61. The van der Waals surface area contributed by atoms with Crippen molar-refractivity contribution in [1.82, 2.24) is 4.90 Å². The van der Waals surface area contributed by atoms with Gasteiger partial charge < -0.3 is 14.7 Å². The highest BCUT2D eigenvalue weighted by atomic mass is 32.2. The molecule has 7 heteroatoms. The number of thioether (sulfide) groups is 1. The molecule has 0 aliphatic carbocycles. The summed E-state index contributed by atoms with van der Waals surface area (Å²) in [7, 11) is 1.29. The number of nitrogens with zero attached hydrogens (tertiary/aromatic N) is 1. The highest BCUT2D eigenvalue weighted by Gasteiger charge is 2.39. The zero-order chi connectivity index (χ0) is 14.5. The number of esters is 1. The number of thiophene rings is 1. The second-order valence-electron chi connectivity index (χ2n) is 4.55. The molecule has 110 valence electrons. The van der Waals surface area contributed by atoms with Crippen LogP contribution in [0.5, 0.6) is 0 Å². The molecule has 2 rings (SSSR count). The molecule has 1 fully saturated rings. The van der Waals surface area contributed by atoms with E-state index in [4.69, 9.17) is 0 Å². The molecule has 20 heavy (non-hydrogen) atoms. The van der Waals surface area contributed by atoms with Crippen LogP contribution in [0.15, 0.2) is 17.5 Å². The van der Waals surface area contributed by atoms with Crippen molar-refractivity contribution < 1.29 is 19.4 Å². The maximum atomic E-state index is 12.1. The molecule has 1 aromatic rings. The van der Waals surface area contributed by atoms with Gasteiger partial charge in [-0.25, -0.2) is 4.79 Å². The van der Waals surface area contributed by atoms with Crippen molar-refractivity contribution in [1.29, 1.82) is 0 Å². The third kappa shape index (κ3) is 3.74. The Morgan fingerprint density at radius 1 is 1.60 bits per heavy atom. The summed E-state index contributed by atoms with van der Waals surface area (Å²) in [6.45, 7) is 0.207. The van der Waals surface area contributed by atoms with Crippen LogP contribution in [0.3, 0.4) is 0 Å². The minimum Gasteiger partial charge on any atom is -0.467 e. The lowest BCUT2D eigenvalue weighted by atomic mass is 10.2. The van der Waals surface area contributed by atoms with Crippen LogP contribution in [0.4, 0.5) is 0 Å². The maximum absolute atomic E-state index is 12.1. The Kier molecular flexibility index (Phi) is 5.45. The Morgan fingerprint density at radius 2 is 2.40 bits per heavy atom. The molecule has 0 radical (unpaired) electrons. The van der Waals surface area contributed by atoms with Gasteiger partial charge in [0.1, 0.15) is 6.04 Å². The summed E-state index contributed by atoms with van der Waals surface area (Å²) in [5, 5.41) is 11.6. The van der Waals surface area contributed by atoms with E-state index in [9.17, 15) is 14.7 Å². The van der Waals surface area contributed by atoms with E-state index >= 15 is 0 Å². The van der Waals surface area contributed by atoms with Gasteiger partial charge in [-0.1, -0.05) is 6.07 Å². The largest absolute Gasteiger partial charge is 0.467 e. The van der Waals surface area contributed by atoms with E-state index in [0.717, 1.165) is 5.75 Å². The molecule has 1 amide bonds. The van der Waals surface area contributed by atoms with Gasteiger partial charge in [0.15, 0.2) is 0 Å². The predicted octanol–water partition coefficient (Wildman–Crippen LogP) is 1.12. The van der Waals surface area contributed by atoms with E-state index in [1.165, 1.54) is 28.6 Å². The number of carbonyl (C=O) groups is 2. The van der Waals surface area contributed by atoms with Gasteiger partial charge in [-0.2, -0.15) is 0 Å². The third-order valence-electron chi connectivity index (χ3n) is 3.12. The van der Waals surface area contributed by atoms with Gasteiger partial charge in [-0.15, -0.1) is 23.1 Å². The molecule has 5 nitrogen and oxygen atoms in total. The minimum absolute atomic E-state index is 0.126. The molecule has 1 saturated heterocycles. The second-order valence-corrected chi connectivity index (χ2v) is 6.56. The summed E-state index contributed by atoms with van der Waals surface area (Å²) in [6.07, 6.45) is -0.390. The summed E-state index contributed by atoms with van der Waals surface area (Å²) in [5.41, 5.74) is 0. The fourth-order valence-corrected chi connectivity index (χ4v) is 3.92. The van der Waals surface area contributed by atoms with Crippen LogP contribution >= 0.6 is 23.1 Å². The summed E-state index contributed by atoms with van der Waals surface area (Å²) >= 11 is 3.17. The number of β-amino-alcohol motifs (C(OH)–C–C–N with tert-alkyl or cyclic N) is 1. The number of methoxy groups -OCH3 is 1. The third-order valence-corrected chi connectivity index (χ3v) is 5.15. The van der Waals surface area contributed by atoms with Gasteiger partial charge in [0, 0.05) is 23.6 Å². The van der Waals surface area contributed by atoms with Crippen LogP contribution < -0.4 is 0 Å². The maximum Gasteiger partial charge on any atom is 0.328 e. The standard InChI is InChI=1S/C13H17NO4S2/c1-18-13(17)11-5-9(15)6-14(11)12(16)8-19-7-10-3-2-4-20-10/h2-4,9,11,15H,5-8H2,1H3. The van der Waals surface area contributed by atoms with Crippen LogP contribution in [0.25, 0.3) is 0 Å². The Bertz CT molecular complexity index is 463. The molecule has 0 aromatic carbocycles.